The molecule has 1 atom stereocenters. The van der Waals surface area contributed by atoms with Gasteiger partial charge in [0.2, 0.25) is 6.10 Å². The first-order chi connectivity index (χ1) is 14.2. The Labute approximate surface area is 169 Å². The lowest BCUT2D eigenvalue weighted by Crippen LogP contribution is -2.53. The van der Waals surface area contributed by atoms with Crippen LogP contribution in [0.1, 0.15) is 11.3 Å². The van der Waals surface area contributed by atoms with Crippen LogP contribution >= 0.6 is 0 Å². The molecule has 150 valence electrons. The average molecular weight is 392 g/mol. The molecule has 0 N–H and O–H groups in total. The largest absolute Gasteiger partial charge is 0.485 e. The maximum Gasteiger partial charge on any atom is 0.267 e. The second kappa shape index (κ2) is 7.40. The summed E-state index contributed by atoms with van der Waals surface area (Å²) >= 11 is 0. The molecule has 0 spiro atoms. The van der Waals surface area contributed by atoms with Crippen LogP contribution in [0.15, 0.2) is 48.8 Å². The fraction of sp³-hybridized carbons (Fsp3) is 0.364. The Morgan fingerprint density at radius 2 is 1.86 bits per heavy atom. The number of aromatic nitrogens is 2. The summed E-state index contributed by atoms with van der Waals surface area (Å²) in [7, 11) is 0. The SMILES string of the molecule is Cc1ccc2nc(CN3CCN(C(=O)[C@@H]4COc5ccccc5O4)CC3)cn2c1. The molecule has 0 aliphatic carbocycles. The van der Waals surface area contributed by atoms with Gasteiger partial charge in [-0.15, -0.1) is 0 Å². The lowest BCUT2D eigenvalue weighted by Gasteiger charge is -2.36. The molecule has 4 heterocycles. The minimum absolute atomic E-state index is 0.00218. The Bertz CT molecular complexity index is 1040. The summed E-state index contributed by atoms with van der Waals surface area (Å²) in [5.74, 6) is 1.34. The van der Waals surface area contributed by atoms with Gasteiger partial charge in [0.25, 0.3) is 5.91 Å². The van der Waals surface area contributed by atoms with Crippen molar-refractivity contribution in [2.45, 2.75) is 19.6 Å². The number of ether oxygens (including phenoxy) is 2. The lowest BCUT2D eigenvalue weighted by atomic mass is 10.2. The third-order valence-electron chi connectivity index (χ3n) is 5.50. The van der Waals surface area contributed by atoms with Crippen molar-refractivity contribution < 1.29 is 14.3 Å². The molecule has 0 bridgehead atoms. The standard InChI is InChI=1S/C22H24N4O3/c1-16-6-7-21-23-17(14-26(21)12-16)13-24-8-10-25(11-9-24)22(27)20-15-28-18-4-2-3-5-19(18)29-20/h2-7,12,14,20H,8-11,13,15H2,1H3/t20-/m0/s1. The van der Waals surface area contributed by atoms with Gasteiger partial charge in [0, 0.05) is 45.1 Å². The number of aryl methyl sites for hydroxylation is 1. The van der Waals surface area contributed by atoms with E-state index in [2.05, 4.69) is 34.7 Å². The smallest absolute Gasteiger partial charge is 0.267 e. The van der Waals surface area contributed by atoms with Crippen LogP contribution in [0.2, 0.25) is 0 Å². The predicted octanol–water partition coefficient (Wildman–Crippen LogP) is 2.13. The molecule has 1 aromatic carbocycles. The molecule has 7 heteroatoms. The Morgan fingerprint density at radius 1 is 1.07 bits per heavy atom. The molecule has 2 aromatic heterocycles. The Hall–Kier alpha value is -3.06. The summed E-state index contributed by atoms with van der Waals surface area (Å²) in [6.07, 6.45) is 3.61. The van der Waals surface area contributed by atoms with Gasteiger partial charge in [-0.25, -0.2) is 4.98 Å². The summed E-state index contributed by atoms with van der Waals surface area (Å²) in [6.45, 7) is 6.15. The number of piperazine rings is 1. The quantitative estimate of drug-likeness (QED) is 0.683. The number of carbonyl (C=O) groups is 1. The highest BCUT2D eigenvalue weighted by Crippen LogP contribution is 2.31. The normalized spacial score (nSPS) is 19.5. The Morgan fingerprint density at radius 3 is 2.69 bits per heavy atom. The first-order valence-electron chi connectivity index (χ1n) is 9.99. The maximum atomic E-state index is 12.9. The zero-order chi connectivity index (χ0) is 19.8. The second-order valence-corrected chi connectivity index (χ2v) is 7.67. The highest BCUT2D eigenvalue weighted by molar-refractivity contribution is 5.82. The molecule has 1 amide bonds. The predicted molar refractivity (Wildman–Crippen MR) is 108 cm³/mol. The number of amides is 1. The molecule has 2 aliphatic heterocycles. The summed E-state index contributed by atoms with van der Waals surface area (Å²) in [6, 6.07) is 11.6. The van der Waals surface area contributed by atoms with E-state index in [1.165, 1.54) is 5.56 Å². The number of benzene rings is 1. The molecule has 29 heavy (non-hydrogen) atoms. The van der Waals surface area contributed by atoms with Gasteiger partial charge in [0.1, 0.15) is 12.3 Å². The number of pyridine rings is 1. The Kier molecular flexibility index (Phi) is 4.60. The van der Waals surface area contributed by atoms with Gasteiger partial charge in [-0.2, -0.15) is 0 Å². The number of imidazole rings is 1. The molecule has 0 radical (unpaired) electrons. The fourth-order valence-electron chi connectivity index (χ4n) is 3.93. The van der Waals surface area contributed by atoms with Crippen LogP contribution in [0, 0.1) is 6.92 Å². The van der Waals surface area contributed by atoms with E-state index in [1.807, 2.05) is 35.2 Å². The van der Waals surface area contributed by atoms with E-state index >= 15 is 0 Å². The molecular formula is C22H24N4O3. The van der Waals surface area contributed by atoms with Crippen LogP contribution in [0.3, 0.4) is 0 Å². The van der Waals surface area contributed by atoms with E-state index in [0.717, 1.165) is 31.0 Å². The van der Waals surface area contributed by atoms with Gasteiger partial charge in [-0.3, -0.25) is 9.69 Å². The van der Waals surface area contributed by atoms with Gasteiger partial charge in [0.15, 0.2) is 11.5 Å². The molecule has 7 nitrogen and oxygen atoms in total. The van der Waals surface area contributed by atoms with Crippen molar-refractivity contribution in [3.8, 4) is 11.5 Å². The van der Waals surface area contributed by atoms with Crippen molar-refractivity contribution in [2.24, 2.45) is 0 Å². The highest BCUT2D eigenvalue weighted by atomic mass is 16.6. The van der Waals surface area contributed by atoms with Crippen LogP contribution in [0.25, 0.3) is 5.65 Å². The van der Waals surface area contributed by atoms with E-state index in [9.17, 15) is 4.79 Å². The highest BCUT2D eigenvalue weighted by Gasteiger charge is 2.32. The van der Waals surface area contributed by atoms with Crippen LogP contribution in [0.5, 0.6) is 11.5 Å². The third-order valence-corrected chi connectivity index (χ3v) is 5.50. The van der Waals surface area contributed by atoms with E-state index in [0.29, 0.717) is 24.6 Å². The van der Waals surface area contributed by atoms with E-state index in [1.54, 1.807) is 0 Å². The van der Waals surface area contributed by atoms with Crippen molar-refractivity contribution in [2.75, 3.05) is 32.8 Å². The lowest BCUT2D eigenvalue weighted by molar-refractivity contribution is -0.143. The van der Waals surface area contributed by atoms with E-state index in [4.69, 9.17) is 14.5 Å². The summed E-state index contributed by atoms with van der Waals surface area (Å²) in [4.78, 5) is 21.8. The van der Waals surface area contributed by atoms with Gasteiger partial charge in [0.05, 0.1) is 5.69 Å². The number of fused-ring (bicyclic) bond motifs is 2. The second-order valence-electron chi connectivity index (χ2n) is 7.67. The first-order valence-corrected chi connectivity index (χ1v) is 9.99. The van der Waals surface area contributed by atoms with Gasteiger partial charge >= 0.3 is 0 Å². The average Bonchev–Trinajstić information content (AvgIpc) is 3.14. The molecule has 5 rings (SSSR count). The summed E-state index contributed by atoms with van der Waals surface area (Å²) in [5.41, 5.74) is 3.23. The van der Waals surface area contributed by atoms with E-state index < -0.39 is 6.10 Å². The summed E-state index contributed by atoms with van der Waals surface area (Å²) < 4.78 is 13.6. The van der Waals surface area contributed by atoms with Crippen LogP contribution in [-0.2, 0) is 11.3 Å². The summed E-state index contributed by atoms with van der Waals surface area (Å²) in [5, 5.41) is 0. The van der Waals surface area contributed by atoms with Gasteiger partial charge in [-0.1, -0.05) is 18.2 Å². The molecule has 0 saturated carbocycles. The van der Waals surface area contributed by atoms with Crippen molar-refractivity contribution in [1.29, 1.82) is 0 Å². The zero-order valence-electron chi connectivity index (χ0n) is 16.5. The van der Waals surface area contributed by atoms with Crippen LogP contribution < -0.4 is 9.47 Å². The Balaban J connectivity index is 1.17. The van der Waals surface area contributed by atoms with Crippen molar-refractivity contribution in [1.82, 2.24) is 19.2 Å². The van der Waals surface area contributed by atoms with Crippen molar-refractivity contribution >= 4 is 11.6 Å². The van der Waals surface area contributed by atoms with E-state index in [-0.39, 0.29) is 12.5 Å². The molecule has 2 aliphatic rings. The topological polar surface area (TPSA) is 59.3 Å². The van der Waals surface area contributed by atoms with Crippen molar-refractivity contribution in [3.05, 3.63) is 60.0 Å². The molecule has 1 saturated heterocycles. The number of rotatable bonds is 3. The number of para-hydroxylation sites is 2. The number of carbonyl (C=O) groups excluding carboxylic acids is 1. The minimum Gasteiger partial charge on any atom is -0.485 e. The molecular weight excluding hydrogens is 368 g/mol. The van der Waals surface area contributed by atoms with Gasteiger partial charge in [-0.05, 0) is 30.7 Å². The third kappa shape index (κ3) is 3.65. The van der Waals surface area contributed by atoms with Crippen molar-refractivity contribution in [3.63, 3.8) is 0 Å². The molecule has 0 unspecified atom stereocenters. The van der Waals surface area contributed by atoms with Gasteiger partial charge < -0.3 is 18.8 Å². The van der Waals surface area contributed by atoms with Crippen LogP contribution in [-0.4, -0.2) is 64.0 Å². The minimum atomic E-state index is -0.571. The zero-order valence-corrected chi connectivity index (χ0v) is 16.5. The first kappa shape index (κ1) is 18.0. The fourth-order valence-corrected chi connectivity index (χ4v) is 3.93. The number of hydrogen-bond donors (Lipinski definition) is 0. The number of hydrogen-bond acceptors (Lipinski definition) is 5. The molecule has 3 aromatic rings. The monoisotopic (exact) mass is 392 g/mol. The molecule has 1 fully saturated rings. The number of nitrogens with zero attached hydrogens (tertiary/aromatic N) is 4. The van der Waals surface area contributed by atoms with Crippen LogP contribution in [0.4, 0.5) is 0 Å². The maximum absolute atomic E-state index is 12.9.